The monoisotopic (exact) mass is 389 g/mol. The smallest absolute Gasteiger partial charge is 0.325 e. The van der Waals surface area contributed by atoms with E-state index in [1.165, 1.54) is 6.07 Å². The Bertz CT molecular complexity index is 795. The number of carbonyl (C=O) groups is 3. The number of alkyl halides is 3. The molecule has 26 heavy (non-hydrogen) atoms. The molecule has 1 aromatic rings. The Morgan fingerprint density at radius 3 is 2.62 bits per heavy atom. The van der Waals surface area contributed by atoms with Gasteiger partial charge in [0.15, 0.2) is 0 Å². The van der Waals surface area contributed by atoms with Crippen molar-refractivity contribution in [2.24, 2.45) is 5.92 Å². The summed E-state index contributed by atoms with van der Waals surface area (Å²) in [6.45, 7) is 1.02. The van der Waals surface area contributed by atoms with Crippen LogP contribution >= 0.6 is 11.6 Å². The van der Waals surface area contributed by atoms with Gasteiger partial charge in [0.2, 0.25) is 5.91 Å². The molecule has 1 saturated carbocycles. The second-order valence-corrected chi connectivity index (χ2v) is 6.95. The molecule has 1 aliphatic carbocycles. The maximum atomic E-state index is 12.9. The molecule has 10 heteroatoms. The topological polar surface area (TPSA) is 78.5 Å². The van der Waals surface area contributed by atoms with Crippen molar-refractivity contribution < 1.29 is 27.6 Å². The first-order chi connectivity index (χ1) is 12.0. The van der Waals surface area contributed by atoms with Gasteiger partial charge in [0, 0.05) is 5.69 Å². The van der Waals surface area contributed by atoms with E-state index in [0.29, 0.717) is 6.07 Å². The Labute approximate surface area is 151 Å². The lowest BCUT2D eigenvalue weighted by atomic mass is 9.96. The van der Waals surface area contributed by atoms with E-state index in [2.05, 4.69) is 10.6 Å². The fourth-order valence-electron chi connectivity index (χ4n) is 2.96. The van der Waals surface area contributed by atoms with Gasteiger partial charge in [0.05, 0.1) is 10.6 Å². The Hall–Kier alpha value is -2.29. The van der Waals surface area contributed by atoms with Crippen LogP contribution in [0.25, 0.3) is 0 Å². The van der Waals surface area contributed by atoms with Crippen molar-refractivity contribution in [1.29, 1.82) is 0 Å². The van der Waals surface area contributed by atoms with Crippen molar-refractivity contribution in [3.63, 3.8) is 0 Å². The van der Waals surface area contributed by atoms with Crippen molar-refractivity contribution in [2.45, 2.75) is 31.5 Å². The molecule has 0 bridgehead atoms. The number of halogens is 4. The van der Waals surface area contributed by atoms with Crippen molar-refractivity contribution >= 4 is 35.1 Å². The van der Waals surface area contributed by atoms with Crippen molar-refractivity contribution in [3.8, 4) is 0 Å². The highest BCUT2D eigenvalue weighted by molar-refractivity contribution is 6.31. The number of hydrogen-bond acceptors (Lipinski definition) is 3. The molecule has 1 atom stereocenters. The minimum absolute atomic E-state index is 0.0395. The van der Waals surface area contributed by atoms with E-state index in [9.17, 15) is 27.6 Å². The summed E-state index contributed by atoms with van der Waals surface area (Å²) < 4.78 is 38.6. The van der Waals surface area contributed by atoms with Crippen LogP contribution in [0.3, 0.4) is 0 Å². The van der Waals surface area contributed by atoms with Crippen LogP contribution in [0.2, 0.25) is 5.02 Å². The Balaban J connectivity index is 1.70. The van der Waals surface area contributed by atoms with Gasteiger partial charge in [-0.3, -0.25) is 14.5 Å². The maximum absolute atomic E-state index is 12.9. The van der Waals surface area contributed by atoms with Crippen LogP contribution in [0.5, 0.6) is 0 Å². The van der Waals surface area contributed by atoms with Gasteiger partial charge >= 0.3 is 12.2 Å². The molecular weight excluding hydrogens is 375 g/mol. The van der Waals surface area contributed by atoms with Crippen molar-refractivity contribution in [1.82, 2.24) is 10.2 Å². The van der Waals surface area contributed by atoms with E-state index < -0.39 is 46.7 Å². The molecule has 0 unspecified atom stereocenters. The molecule has 2 fully saturated rings. The Morgan fingerprint density at radius 2 is 2.04 bits per heavy atom. The number of amides is 4. The van der Waals surface area contributed by atoms with E-state index in [-0.39, 0.29) is 11.6 Å². The number of urea groups is 1. The SMILES string of the molecule is C[C@]1(C2CC2)NC(=O)N(CC(=O)Nc2ccc(Cl)c(C(F)(F)F)c2)C1=O. The summed E-state index contributed by atoms with van der Waals surface area (Å²) in [6, 6.07) is 2.22. The summed E-state index contributed by atoms with van der Waals surface area (Å²) in [6.07, 6.45) is -3.05. The van der Waals surface area contributed by atoms with Crippen molar-refractivity contribution in [3.05, 3.63) is 28.8 Å². The molecule has 4 amide bonds. The third kappa shape index (κ3) is 3.35. The summed E-state index contributed by atoms with van der Waals surface area (Å²) >= 11 is 5.52. The summed E-state index contributed by atoms with van der Waals surface area (Å²) in [5, 5.41) is 4.34. The van der Waals surface area contributed by atoms with Gasteiger partial charge in [-0.25, -0.2) is 4.79 Å². The molecule has 2 N–H and O–H groups in total. The largest absolute Gasteiger partial charge is 0.417 e. The zero-order valence-corrected chi connectivity index (χ0v) is 14.4. The molecule has 1 aromatic carbocycles. The van der Waals surface area contributed by atoms with Crippen LogP contribution in [-0.4, -0.2) is 34.8 Å². The van der Waals surface area contributed by atoms with Gasteiger partial charge in [0.25, 0.3) is 5.91 Å². The fourth-order valence-corrected chi connectivity index (χ4v) is 3.19. The number of rotatable bonds is 4. The van der Waals surface area contributed by atoms with E-state index in [4.69, 9.17) is 11.6 Å². The molecule has 1 heterocycles. The van der Waals surface area contributed by atoms with Gasteiger partial charge in [-0.1, -0.05) is 11.6 Å². The van der Waals surface area contributed by atoms with Crippen LogP contribution in [0.1, 0.15) is 25.3 Å². The first-order valence-electron chi connectivity index (χ1n) is 7.83. The molecule has 6 nitrogen and oxygen atoms in total. The number of carbonyl (C=O) groups excluding carboxylic acids is 3. The molecule has 1 aliphatic heterocycles. The average Bonchev–Trinajstić information content (AvgIpc) is 3.34. The van der Waals surface area contributed by atoms with E-state index >= 15 is 0 Å². The minimum atomic E-state index is -4.67. The van der Waals surface area contributed by atoms with Gasteiger partial charge in [0.1, 0.15) is 12.1 Å². The highest BCUT2D eigenvalue weighted by Gasteiger charge is 2.56. The number of benzene rings is 1. The highest BCUT2D eigenvalue weighted by Crippen LogP contribution is 2.42. The van der Waals surface area contributed by atoms with Gasteiger partial charge < -0.3 is 10.6 Å². The number of hydrogen-bond donors (Lipinski definition) is 2. The number of imide groups is 1. The Kier molecular flexibility index (Phi) is 4.38. The maximum Gasteiger partial charge on any atom is 0.417 e. The minimum Gasteiger partial charge on any atom is -0.325 e. The molecule has 2 aliphatic rings. The third-order valence-corrected chi connectivity index (χ3v) is 4.88. The van der Waals surface area contributed by atoms with E-state index in [1.807, 2.05) is 0 Å². The number of anilines is 1. The predicted octanol–water partition coefficient (Wildman–Crippen LogP) is 3.02. The summed E-state index contributed by atoms with van der Waals surface area (Å²) in [7, 11) is 0. The first-order valence-corrected chi connectivity index (χ1v) is 8.21. The lowest BCUT2D eigenvalue weighted by Gasteiger charge is -2.20. The molecule has 0 spiro atoms. The first kappa shape index (κ1) is 18.5. The molecule has 3 rings (SSSR count). The molecule has 0 aromatic heterocycles. The normalized spacial score (nSPS) is 23.2. The van der Waals surface area contributed by atoms with Crippen LogP contribution < -0.4 is 10.6 Å². The predicted molar refractivity (Wildman–Crippen MR) is 86.5 cm³/mol. The number of nitrogens with one attached hydrogen (secondary N) is 2. The molecular formula is C16H15ClF3N3O3. The highest BCUT2D eigenvalue weighted by atomic mass is 35.5. The zero-order chi connectivity index (χ0) is 19.3. The lowest BCUT2D eigenvalue weighted by molar-refractivity contribution is -0.137. The second-order valence-electron chi connectivity index (χ2n) is 6.54. The van der Waals surface area contributed by atoms with Crippen LogP contribution in [0.4, 0.5) is 23.7 Å². The summed E-state index contributed by atoms with van der Waals surface area (Å²) in [5.41, 5.74) is -2.25. The lowest BCUT2D eigenvalue weighted by Crippen LogP contribution is -2.46. The zero-order valence-electron chi connectivity index (χ0n) is 13.6. The quantitative estimate of drug-likeness (QED) is 0.777. The van der Waals surface area contributed by atoms with Crippen LogP contribution in [0, 0.1) is 5.92 Å². The molecule has 1 saturated heterocycles. The van der Waals surface area contributed by atoms with Gasteiger partial charge in [-0.05, 0) is 43.9 Å². The summed E-state index contributed by atoms with van der Waals surface area (Å²) in [4.78, 5) is 37.3. The Morgan fingerprint density at radius 1 is 1.38 bits per heavy atom. The van der Waals surface area contributed by atoms with E-state index in [1.54, 1.807) is 6.92 Å². The van der Waals surface area contributed by atoms with Crippen LogP contribution in [-0.2, 0) is 15.8 Å². The molecule has 0 radical (unpaired) electrons. The third-order valence-electron chi connectivity index (χ3n) is 4.55. The fraction of sp³-hybridized carbons (Fsp3) is 0.438. The second kappa shape index (κ2) is 6.15. The standard InChI is InChI=1S/C16H15ClF3N3O3/c1-15(8-2-3-8)13(25)23(14(26)22-15)7-12(24)21-9-4-5-11(17)10(6-9)16(18,19)20/h4-6,8H,2-3,7H2,1H3,(H,21,24)(H,22,26)/t15-/m1/s1. The van der Waals surface area contributed by atoms with Crippen molar-refractivity contribution in [2.75, 3.05) is 11.9 Å². The molecule has 140 valence electrons. The van der Waals surface area contributed by atoms with Crippen LogP contribution in [0.15, 0.2) is 18.2 Å². The summed E-state index contributed by atoms with van der Waals surface area (Å²) in [5.74, 6) is -1.26. The van der Waals surface area contributed by atoms with Gasteiger partial charge in [-0.15, -0.1) is 0 Å². The van der Waals surface area contributed by atoms with E-state index in [0.717, 1.165) is 23.8 Å². The number of nitrogens with zero attached hydrogens (tertiary/aromatic N) is 1. The average molecular weight is 390 g/mol. The van der Waals surface area contributed by atoms with Gasteiger partial charge in [-0.2, -0.15) is 13.2 Å².